The molecule has 0 spiro atoms. The summed E-state index contributed by atoms with van der Waals surface area (Å²) in [5, 5.41) is 7.75. The molecule has 0 aliphatic heterocycles. The van der Waals surface area contributed by atoms with Gasteiger partial charge in [0.2, 0.25) is 0 Å². The largest absolute Gasteiger partial charge is 0.385 e. The van der Waals surface area contributed by atoms with Crippen LogP contribution in [-0.4, -0.2) is 40.9 Å². The highest BCUT2D eigenvalue weighted by atomic mass is 35.5. The molecule has 2 aromatic carbocycles. The molecule has 0 saturated heterocycles. The number of H-pyrrole nitrogens is 1. The average Bonchev–Trinajstić information content (AvgIpc) is 3.08. The molecule has 0 unspecified atom stereocenters. The van der Waals surface area contributed by atoms with Gasteiger partial charge < -0.3 is 10.1 Å². The fourth-order valence-corrected chi connectivity index (χ4v) is 3.32. The molecular weight excluding hydrogens is 392 g/mol. The smallest absolute Gasteiger partial charge is 0.280 e. The predicted octanol–water partition coefficient (Wildman–Crippen LogP) is 3.29. The normalized spacial score (nSPS) is 11.2. The van der Waals surface area contributed by atoms with Crippen LogP contribution < -0.4 is 10.9 Å². The maximum atomic E-state index is 12.8. The van der Waals surface area contributed by atoms with E-state index in [1.807, 2.05) is 0 Å². The highest BCUT2D eigenvalue weighted by Crippen LogP contribution is 2.22. The van der Waals surface area contributed by atoms with Gasteiger partial charge in [-0.25, -0.2) is 4.68 Å². The molecule has 2 aromatic heterocycles. The van der Waals surface area contributed by atoms with Gasteiger partial charge in [0.15, 0.2) is 0 Å². The number of hydrogen-bond donors (Lipinski definition) is 2. The monoisotopic (exact) mass is 410 g/mol. The number of ether oxygens (including phenoxy) is 1. The van der Waals surface area contributed by atoms with E-state index in [9.17, 15) is 9.59 Å². The molecule has 2 heterocycles. The summed E-state index contributed by atoms with van der Waals surface area (Å²) in [7, 11) is 1.63. The van der Waals surface area contributed by atoms with Crippen molar-refractivity contribution in [1.29, 1.82) is 0 Å². The fourth-order valence-electron chi connectivity index (χ4n) is 3.19. The molecular formula is C21H19ClN4O3. The van der Waals surface area contributed by atoms with Crippen molar-refractivity contribution in [2.45, 2.75) is 6.42 Å². The van der Waals surface area contributed by atoms with Gasteiger partial charge in [0.25, 0.3) is 11.5 Å². The van der Waals surface area contributed by atoms with Gasteiger partial charge in [-0.05, 0) is 48.9 Å². The first-order chi connectivity index (χ1) is 14.1. The molecule has 0 radical (unpaired) electrons. The van der Waals surface area contributed by atoms with Crippen LogP contribution in [0.4, 0.5) is 0 Å². The predicted molar refractivity (Wildman–Crippen MR) is 113 cm³/mol. The molecule has 0 atom stereocenters. The summed E-state index contributed by atoms with van der Waals surface area (Å²) in [6, 6.07) is 12.2. The first-order valence-electron chi connectivity index (χ1n) is 9.15. The Hall–Kier alpha value is -3.16. The highest BCUT2D eigenvalue weighted by molar-refractivity contribution is 6.30. The van der Waals surface area contributed by atoms with Crippen molar-refractivity contribution in [2.24, 2.45) is 0 Å². The molecule has 0 fully saturated rings. The molecule has 4 rings (SSSR count). The Bertz CT molecular complexity index is 1240. The van der Waals surface area contributed by atoms with Gasteiger partial charge in [-0.15, -0.1) is 0 Å². The van der Waals surface area contributed by atoms with Crippen LogP contribution in [0.1, 0.15) is 16.8 Å². The third-order valence-corrected chi connectivity index (χ3v) is 4.93. The quantitative estimate of drug-likeness (QED) is 0.477. The standard InChI is InChI=1S/C21H19ClN4O3/c1-29-10-2-9-23-20(27)13-3-8-18-16(11-13)19-17(12-24-18)21(28)26(25-19)15-6-4-14(22)5-7-15/h3-8,11-12,25H,2,9-10H2,1H3,(H,23,27). The Labute approximate surface area is 171 Å². The number of fused-ring (bicyclic) bond motifs is 3. The van der Waals surface area contributed by atoms with Crippen molar-refractivity contribution in [3.8, 4) is 5.69 Å². The fraction of sp³-hybridized carbons (Fsp3) is 0.190. The van der Waals surface area contributed by atoms with E-state index in [-0.39, 0.29) is 11.5 Å². The van der Waals surface area contributed by atoms with E-state index in [0.29, 0.717) is 51.2 Å². The van der Waals surface area contributed by atoms with Crippen LogP contribution in [0.15, 0.2) is 53.5 Å². The second kappa shape index (κ2) is 8.06. The molecule has 29 heavy (non-hydrogen) atoms. The first-order valence-corrected chi connectivity index (χ1v) is 9.53. The summed E-state index contributed by atoms with van der Waals surface area (Å²) in [5.41, 5.74) is 2.27. The Balaban J connectivity index is 1.76. The molecule has 1 amide bonds. The Kier molecular flexibility index (Phi) is 5.33. The molecule has 0 bridgehead atoms. The van der Waals surface area contributed by atoms with Crippen LogP contribution in [0.3, 0.4) is 0 Å². The summed E-state index contributed by atoms with van der Waals surface area (Å²) in [6.45, 7) is 1.11. The minimum absolute atomic E-state index is 0.181. The number of carbonyl (C=O) groups excluding carboxylic acids is 1. The third kappa shape index (κ3) is 3.74. The number of aromatic nitrogens is 3. The summed E-state index contributed by atoms with van der Waals surface area (Å²) in [6.07, 6.45) is 2.28. The van der Waals surface area contributed by atoms with Gasteiger partial charge in [-0.1, -0.05) is 11.6 Å². The topological polar surface area (TPSA) is 89.0 Å². The van der Waals surface area contributed by atoms with E-state index >= 15 is 0 Å². The second-order valence-corrected chi connectivity index (χ2v) is 7.05. The van der Waals surface area contributed by atoms with Crippen molar-refractivity contribution in [2.75, 3.05) is 20.3 Å². The SMILES string of the molecule is COCCCNC(=O)c1ccc2ncc3c(=O)n(-c4ccc(Cl)cc4)[nH]c3c2c1. The molecule has 2 N–H and O–H groups in total. The lowest BCUT2D eigenvalue weighted by Crippen LogP contribution is -2.25. The van der Waals surface area contributed by atoms with Crippen LogP contribution in [0, 0.1) is 0 Å². The van der Waals surface area contributed by atoms with Gasteiger partial charge in [0.1, 0.15) is 0 Å². The molecule has 0 saturated carbocycles. The van der Waals surface area contributed by atoms with Gasteiger partial charge in [0.05, 0.1) is 22.1 Å². The number of carbonyl (C=O) groups is 1. The summed E-state index contributed by atoms with van der Waals surface area (Å²) in [5.74, 6) is -0.181. The molecule has 7 nitrogen and oxygen atoms in total. The third-order valence-electron chi connectivity index (χ3n) is 4.68. The number of halogens is 1. The van der Waals surface area contributed by atoms with Crippen LogP contribution in [0.2, 0.25) is 5.02 Å². The van der Waals surface area contributed by atoms with E-state index in [1.165, 1.54) is 4.68 Å². The Morgan fingerprint density at radius 2 is 2.00 bits per heavy atom. The van der Waals surface area contributed by atoms with Crippen LogP contribution in [0.25, 0.3) is 27.5 Å². The minimum atomic E-state index is -0.217. The van der Waals surface area contributed by atoms with Crippen molar-refractivity contribution < 1.29 is 9.53 Å². The van der Waals surface area contributed by atoms with Gasteiger partial charge in [-0.3, -0.25) is 19.7 Å². The van der Waals surface area contributed by atoms with E-state index in [1.54, 1.807) is 55.8 Å². The number of aromatic amines is 1. The van der Waals surface area contributed by atoms with Crippen LogP contribution in [-0.2, 0) is 4.74 Å². The zero-order valence-corrected chi connectivity index (χ0v) is 16.5. The Morgan fingerprint density at radius 3 is 2.76 bits per heavy atom. The van der Waals surface area contributed by atoms with Gasteiger partial charge in [-0.2, -0.15) is 0 Å². The number of benzene rings is 2. The first kappa shape index (κ1) is 19.2. The molecule has 0 aliphatic carbocycles. The molecule has 0 aliphatic rings. The number of amides is 1. The highest BCUT2D eigenvalue weighted by Gasteiger charge is 2.14. The lowest BCUT2D eigenvalue weighted by Gasteiger charge is -2.06. The number of methoxy groups -OCH3 is 1. The maximum Gasteiger partial charge on any atom is 0.280 e. The molecule has 4 aromatic rings. The van der Waals surface area contributed by atoms with Crippen LogP contribution in [0.5, 0.6) is 0 Å². The molecule has 8 heteroatoms. The number of nitrogens with one attached hydrogen (secondary N) is 2. The second-order valence-electron chi connectivity index (χ2n) is 6.61. The lowest BCUT2D eigenvalue weighted by molar-refractivity contribution is 0.0948. The molecule has 148 valence electrons. The summed E-state index contributed by atoms with van der Waals surface area (Å²) >= 11 is 5.94. The average molecular weight is 411 g/mol. The van der Waals surface area contributed by atoms with E-state index in [0.717, 1.165) is 6.42 Å². The number of pyridine rings is 1. The van der Waals surface area contributed by atoms with Crippen molar-refractivity contribution >= 4 is 39.3 Å². The van der Waals surface area contributed by atoms with E-state index in [4.69, 9.17) is 16.3 Å². The van der Waals surface area contributed by atoms with Gasteiger partial charge >= 0.3 is 0 Å². The van der Waals surface area contributed by atoms with Crippen LogP contribution >= 0.6 is 11.6 Å². The summed E-state index contributed by atoms with van der Waals surface area (Å²) < 4.78 is 6.43. The summed E-state index contributed by atoms with van der Waals surface area (Å²) in [4.78, 5) is 29.7. The maximum absolute atomic E-state index is 12.8. The van der Waals surface area contributed by atoms with E-state index in [2.05, 4.69) is 15.4 Å². The van der Waals surface area contributed by atoms with Crippen molar-refractivity contribution in [3.63, 3.8) is 0 Å². The Morgan fingerprint density at radius 1 is 1.21 bits per heavy atom. The number of nitrogens with zero attached hydrogens (tertiary/aromatic N) is 2. The minimum Gasteiger partial charge on any atom is -0.385 e. The van der Waals surface area contributed by atoms with E-state index < -0.39 is 0 Å². The number of rotatable bonds is 6. The lowest BCUT2D eigenvalue weighted by atomic mass is 10.1. The van der Waals surface area contributed by atoms with Gasteiger partial charge in [0, 0.05) is 42.4 Å². The zero-order valence-electron chi connectivity index (χ0n) is 15.7. The zero-order chi connectivity index (χ0) is 20.4. The van der Waals surface area contributed by atoms with Crippen molar-refractivity contribution in [3.05, 3.63) is 69.6 Å². The number of hydrogen-bond acceptors (Lipinski definition) is 4. The van der Waals surface area contributed by atoms with Crippen molar-refractivity contribution in [1.82, 2.24) is 20.1 Å².